The third-order valence-electron chi connectivity index (χ3n) is 7.76. The summed E-state index contributed by atoms with van der Waals surface area (Å²) in [5, 5.41) is 3.27. The highest BCUT2D eigenvalue weighted by Crippen LogP contribution is 2.26. The molecule has 2 aliphatic heterocycles. The van der Waals surface area contributed by atoms with E-state index in [0.29, 0.717) is 0 Å². The standard InChI is InChI=1S/C30H41N7O2/c1-24(23-35-14-16-36(17-15-35)30-31-10-6-11-32-30)33-29(38)27-22-28(26-8-4-3-5-9-26)37(25(27)2)13-7-12-34-18-20-39-21-19-34/h3-6,8-11,22,24H,7,12-21,23H2,1-2H3,(H,33,38). The predicted molar refractivity (Wildman–Crippen MR) is 154 cm³/mol. The molecule has 39 heavy (non-hydrogen) atoms. The van der Waals surface area contributed by atoms with Crippen molar-refractivity contribution in [2.45, 2.75) is 32.9 Å². The van der Waals surface area contributed by atoms with E-state index >= 15 is 0 Å². The highest BCUT2D eigenvalue weighted by Gasteiger charge is 2.23. The summed E-state index contributed by atoms with van der Waals surface area (Å²) < 4.78 is 7.81. The highest BCUT2D eigenvalue weighted by atomic mass is 16.5. The number of benzene rings is 1. The first-order valence-electron chi connectivity index (χ1n) is 14.2. The van der Waals surface area contributed by atoms with Gasteiger partial charge in [-0.3, -0.25) is 14.6 Å². The van der Waals surface area contributed by atoms with Gasteiger partial charge in [0.25, 0.3) is 5.91 Å². The molecule has 5 rings (SSSR count). The second-order valence-electron chi connectivity index (χ2n) is 10.6. The Morgan fingerprint density at radius 2 is 1.67 bits per heavy atom. The van der Waals surface area contributed by atoms with Crippen LogP contribution in [0.1, 0.15) is 29.4 Å². The lowest BCUT2D eigenvalue weighted by Crippen LogP contribution is -2.51. The molecule has 1 aromatic carbocycles. The molecule has 2 fully saturated rings. The molecule has 3 aromatic rings. The molecule has 2 aromatic heterocycles. The molecule has 9 heteroatoms. The smallest absolute Gasteiger partial charge is 0.253 e. The second-order valence-corrected chi connectivity index (χ2v) is 10.6. The summed E-state index contributed by atoms with van der Waals surface area (Å²) in [4.78, 5) is 29.3. The van der Waals surface area contributed by atoms with E-state index in [9.17, 15) is 4.79 Å². The maximum atomic E-state index is 13.5. The van der Waals surface area contributed by atoms with Crippen molar-refractivity contribution in [3.63, 3.8) is 0 Å². The van der Waals surface area contributed by atoms with Gasteiger partial charge in [0, 0.05) is 88.7 Å². The zero-order valence-electron chi connectivity index (χ0n) is 23.3. The van der Waals surface area contributed by atoms with Crippen molar-refractivity contribution in [2.24, 2.45) is 0 Å². The number of carbonyl (C=O) groups is 1. The third-order valence-corrected chi connectivity index (χ3v) is 7.76. The number of piperazine rings is 1. The quantitative estimate of drug-likeness (QED) is 0.431. The molecule has 2 saturated heterocycles. The molecule has 1 unspecified atom stereocenters. The van der Waals surface area contributed by atoms with Crippen LogP contribution < -0.4 is 10.2 Å². The van der Waals surface area contributed by atoms with Crippen molar-refractivity contribution >= 4 is 11.9 Å². The number of hydrogen-bond donors (Lipinski definition) is 1. The van der Waals surface area contributed by atoms with Gasteiger partial charge in [0.1, 0.15) is 0 Å². The minimum absolute atomic E-state index is 0.000400. The van der Waals surface area contributed by atoms with Gasteiger partial charge in [-0.05, 0) is 38.0 Å². The number of nitrogens with zero attached hydrogens (tertiary/aromatic N) is 6. The molecule has 208 valence electrons. The van der Waals surface area contributed by atoms with Crippen LogP contribution in [-0.4, -0.2) is 102 Å². The van der Waals surface area contributed by atoms with Crippen molar-refractivity contribution in [3.05, 3.63) is 66.1 Å². The Hall–Kier alpha value is -3.27. The molecular weight excluding hydrogens is 490 g/mol. The van der Waals surface area contributed by atoms with Crippen molar-refractivity contribution in [2.75, 3.05) is 70.5 Å². The molecule has 2 aliphatic rings. The van der Waals surface area contributed by atoms with Crippen LogP contribution in [-0.2, 0) is 11.3 Å². The van der Waals surface area contributed by atoms with Gasteiger partial charge in [-0.2, -0.15) is 0 Å². The zero-order valence-corrected chi connectivity index (χ0v) is 23.3. The first-order chi connectivity index (χ1) is 19.1. The fourth-order valence-electron chi connectivity index (χ4n) is 5.61. The number of ether oxygens (including phenoxy) is 1. The van der Waals surface area contributed by atoms with Crippen LogP contribution in [0.25, 0.3) is 11.3 Å². The van der Waals surface area contributed by atoms with Gasteiger partial charge < -0.3 is 19.5 Å². The Labute approximate surface area is 231 Å². The van der Waals surface area contributed by atoms with Crippen molar-refractivity contribution < 1.29 is 9.53 Å². The topological polar surface area (TPSA) is 78.8 Å². The number of amides is 1. The first kappa shape index (κ1) is 27.3. The number of nitrogens with one attached hydrogen (secondary N) is 1. The first-order valence-corrected chi connectivity index (χ1v) is 14.2. The van der Waals surface area contributed by atoms with Gasteiger partial charge >= 0.3 is 0 Å². The molecule has 4 heterocycles. The van der Waals surface area contributed by atoms with E-state index in [0.717, 1.165) is 107 Å². The summed E-state index contributed by atoms with van der Waals surface area (Å²) in [6, 6.07) is 14.3. The summed E-state index contributed by atoms with van der Waals surface area (Å²) in [7, 11) is 0. The Morgan fingerprint density at radius 3 is 2.38 bits per heavy atom. The maximum absolute atomic E-state index is 13.5. The van der Waals surface area contributed by atoms with Gasteiger partial charge in [-0.1, -0.05) is 30.3 Å². The Balaban J connectivity index is 1.20. The summed E-state index contributed by atoms with van der Waals surface area (Å²) in [5.74, 6) is 0.790. The van der Waals surface area contributed by atoms with Gasteiger partial charge in [-0.25, -0.2) is 9.97 Å². The summed E-state index contributed by atoms with van der Waals surface area (Å²) in [6.07, 6.45) is 4.61. The number of morpholine rings is 1. The molecule has 1 atom stereocenters. The van der Waals surface area contributed by atoms with Crippen LogP contribution in [0.3, 0.4) is 0 Å². The lowest BCUT2D eigenvalue weighted by atomic mass is 10.1. The van der Waals surface area contributed by atoms with Gasteiger partial charge in [0.2, 0.25) is 5.95 Å². The van der Waals surface area contributed by atoms with E-state index in [1.807, 2.05) is 12.1 Å². The van der Waals surface area contributed by atoms with Gasteiger partial charge in [-0.15, -0.1) is 0 Å². The number of anilines is 1. The molecule has 0 radical (unpaired) electrons. The van der Waals surface area contributed by atoms with E-state index in [-0.39, 0.29) is 11.9 Å². The fourth-order valence-corrected chi connectivity index (χ4v) is 5.61. The third kappa shape index (κ3) is 7.03. The fraction of sp³-hybridized carbons (Fsp3) is 0.500. The van der Waals surface area contributed by atoms with Crippen molar-refractivity contribution in [1.82, 2.24) is 29.7 Å². The predicted octanol–water partition coefficient (Wildman–Crippen LogP) is 2.92. The van der Waals surface area contributed by atoms with Crippen LogP contribution in [0.5, 0.6) is 0 Å². The number of hydrogen-bond acceptors (Lipinski definition) is 7. The largest absolute Gasteiger partial charge is 0.379 e. The summed E-state index contributed by atoms with van der Waals surface area (Å²) >= 11 is 0. The van der Waals surface area contributed by atoms with E-state index in [4.69, 9.17) is 4.74 Å². The lowest BCUT2D eigenvalue weighted by Gasteiger charge is -2.35. The van der Waals surface area contributed by atoms with E-state index in [1.54, 1.807) is 12.4 Å². The molecule has 0 spiro atoms. The maximum Gasteiger partial charge on any atom is 0.253 e. The van der Waals surface area contributed by atoms with Crippen molar-refractivity contribution in [1.29, 1.82) is 0 Å². The minimum Gasteiger partial charge on any atom is -0.379 e. The van der Waals surface area contributed by atoms with Crippen molar-refractivity contribution in [3.8, 4) is 11.3 Å². The number of rotatable bonds is 10. The Morgan fingerprint density at radius 1 is 0.949 bits per heavy atom. The molecule has 9 nitrogen and oxygen atoms in total. The van der Waals surface area contributed by atoms with Crippen LogP contribution in [0.2, 0.25) is 0 Å². The number of carbonyl (C=O) groups excluding carboxylic acids is 1. The van der Waals surface area contributed by atoms with Gasteiger partial charge in [0.05, 0.1) is 18.8 Å². The molecule has 1 N–H and O–H groups in total. The number of aromatic nitrogens is 3. The monoisotopic (exact) mass is 531 g/mol. The SMILES string of the molecule is Cc1c(C(=O)NC(C)CN2CCN(c3ncccn3)CC2)cc(-c2ccccc2)n1CCCN1CCOCC1. The average Bonchev–Trinajstić information content (AvgIpc) is 3.31. The van der Waals surface area contributed by atoms with Crippen LogP contribution in [0.15, 0.2) is 54.9 Å². The highest BCUT2D eigenvalue weighted by molar-refractivity contribution is 5.97. The van der Waals surface area contributed by atoms with E-state index in [2.05, 4.69) is 78.7 Å². The minimum atomic E-state index is 0.000400. The lowest BCUT2D eigenvalue weighted by molar-refractivity contribution is 0.0369. The normalized spacial score (nSPS) is 17.7. The zero-order chi connectivity index (χ0) is 27.0. The summed E-state index contributed by atoms with van der Waals surface area (Å²) in [6.45, 7) is 14.2. The van der Waals surface area contributed by atoms with Crippen LogP contribution >= 0.6 is 0 Å². The molecule has 0 aliphatic carbocycles. The molecular formula is C30H41N7O2. The molecule has 0 bridgehead atoms. The van der Waals surface area contributed by atoms with Crippen LogP contribution in [0, 0.1) is 6.92 Å². The summed E-state index contributed by atoms with van der Waals surface area (Å²) in [5.41, 5.74) is 4.03. The second kappa shape index (κ2) is 13.2. The Bertz CT molecular complexity index is 1190. The molecule has 0 saturated carbocycles. The van der Waals surface area contributed by atoms with Gasteiger partial charge in [0.15, 0.2) is 0 Å². The van der Waals surface area contributed by atoms with E-state index in [1.165, 1.54) is 0 Å². The molecule has 1 amide bonds. The average molecular weight is 532 g/mol. The van der Waals surface area contributed by atoms with E-state index < -0.39 is 0 Å². The van der Waals surface area contributed by atoms with Crippen LogP contribution in [0.4, 0.5) is 5.95 Å². The Kier molecular flexibility index (Phi) is 9.23.